The minimum absolute atomic E-state index is 0.0619. The highest BCUT2D eigenvalue weighted by molar-refractivity contribution is 5.07. The summed E-state index contributed by atoms with van der Waals surface area (Å²) in [7, 11) is 0. The van der Waals surface area contributed by atoms with Crippen molar-refractivity contribution in [2.75, 3.05) is 0 Å². The third-order valence-corrected chi connectivity index (χ3v) is 1.95. The fraction of sp³-hybridized carbons (Fsp3) is 0.500. The molecule has 0 atom stereocenters. The first-order valence-electron chi connectivity index (χ1n) is 5.09. The van der Waals surface area contributed by atoms with Crippen LogP contribution in [0.1, 0.15) is 26.5 Å². The summed E-state index contributed by atoms with van der Waals surface area (Å²) in [6.45, 7) is 6.98. The second-order valence-electron chi connectivity index (χ2n) is 4.57. The van der Waals surface area contributed by atoms with Crippen LogP contribution in [0.15, 0.2) is 23.3 Å². The number of hydrogen-bond donors (Lipinski definition) is 1. The zero-order valence-corrected chi connectivity index (χ0v) is 9.64. The van der Waals surface area contributed by atoms with E-state index in [2.05, 4.69) is 41.2 Å². The summed E-state index contributed by atoms with van der Waals surface area (Å²) in [6.07, 6.45) is 4.61. The Morgan fingerprint density at radius 1 is 1.44 bits per heavy atom. The lowest BCUT2D eigenvalue weighted by atomic mass is 10.1. The van der Waals surface area contributed by atoms with Crippen LogP contribution in [0.3, 0.4) is 0 Å². The molecular formula is C10H15N5O. The minimum Gasteiger partial charge on any atom is -0.430 e. The van der Waals surface area contributed by atoms with Gasteiger partial charge in [-0.3, -0.25) is 0 Å². The van der Waals surface area contributed by atoms with Crippen molar-refractivity contribution in [1.29, 1.82) is 0 Å². The molecule has 0 unspecified atom stereocenters. The van der Waals surface area contributed by atoms with Crippen molar-refractivity contribution in [2.45, 2.75) is 32.9 Å². The molecule has 1 N–H and O–H groups in total. The molecule has 0 saturated heterocycles. The molecule has 0 aliphatic heterocycles. The van der Waals surface area contributed by atoms with Gasteiger partial charge in [-0.2, -0.15) is 14.8 Å². The van der Waals surface area contributed by atoms with Crippen molar-refractivity contribution >= 4 is 0 Å². The Morgan fingerprint density at radius 2 is 2.25 bits per heavy atom. The number of rotatable bonds is 3. The van der Waals surface area contributed by atoms with Gasteiger partial charge in [0.2, 0.25) is 0 Å². The van der Waals surface area contributed by atoms with Crippen LogP contribution in [-0.4, -0.2) is 25.3 Å². The van der Waals surface area contributed by atoms with Crippen molar-refractivity contribution in [2.24, 2.45) is 0 Å². The maximum atomic E-state index is 5.28. The van der Waals surface area contributed by atoms with E-state index in [-0.39, 0.29) is 5.54 Å². The quantitative estimate of drug-likeness (QED) is 0.841. The van der Waals surface area contributed by atoms with E-state index < -0.39 is 0 Å². The summed E-state index contributed by atoms with van der Waals surface area (Å²) in [5.41, 5.74) is 0.909. The maximum absolute atomic E-state index is 5.28. The summed E-state index contributed by atoms with van der Waals surface area (Å²) in [4.78, 5) is 8.12. The molecule has 0 fully saturated rings. The van der Waals surface area contributed by atoms with Crippen LogP contribution in [0.2, 0.25) is 0 Å². The van der Waals surface area contributed by atoms with Gasteiger partial charge in [-0.25, -0.2) is 4.98 Å². The fourth-order valence-corrected chi connectivity index (χ4v) is 1.15. The van der Waals surface area contributed by atoms with E-state index in [1.807, 2.05) is 0 Å². The highest BCUT2D eigenvalue weighted by Gasteiger charge is 2.11. The molecule has 0 radical (unpaired) electrons. The van der Waals surface area contributed by atoms with Crippen LogP contribution < -0.4 is 5.32 Å². The first kappa shape index (κ1) is 10.8. The summed E-state index contributed by atoms with van der Waals surface area (Å²) in [6, 6.07) is 0.434. The second kappa shape index (κ2) is 4.05. The molecule has 2 heterocycles. The normalized spacial score (nSPS) is 11.9. The van der Waals surface area contributed by atoms with Gasteiger partial charge in [-0.1, -0.05) is 0 Å². The van der Waals surface area contributed by atoms with Gasteiger partial charge in [0.25, 0.3) is 0 Å². The predicted octanol–water partition coefficient (Wildman–Crippen LogP) is 1.14. The second-order valence-corrected chi connectivity index (χ2v) is 4.57. The zero-order valence-electron chi connectivity index (χ0n) is 9.64. The molecule has 0 aromatic carbocycles. The topological polar surface area (TPSA) is 68.8 Å². The number of oxazole rings is 1. The summed E-state index contributed by atoms with van der Waals surface area (Å²) < 4.78 is 6.77. The van der Waals surface area contributed by atoms with E-state index in [0.717, 1.165) is 5.69 Å². The van der Waals surface area contributed by atoms with E-state index in [1.54, 1.807) is 12.6 Å². The molecule has 86 valence electrons. The van der Waals surface area contributed by atoms with E-state index >= 15 is 0 Å². The molecule has 0 bridgehead atoms. The predicted molar refractivity (Wildman–Crippen MR) is 58.0 cm³/mol. The van der Waals surface area contributed by atoms with E-state index in [1.165, 1.54) is 11.0 Å². The monoisotopic (exact) mass is 221 g/mol. The average Bonchev–Trinajstić information content (AvgIpc) is 2.84. The van der Waals surface area contributed by atoms with Gasteiger partial charge in [0.05, 0.1) is 5.69 Å². The lowest BCUT2D eigenvalue weighted by Crippen LogP contribution is -2.35. The van der Waals surface area contributed by atoms with Gasteiger partial charge < -0.3 is 9.73 Å². The van der Waals surface area contributed by atoms with Crippen LogP contribution in [0.4, 0.5) is 0 Å². The van der Waals surface area contributed by atoms with Gasteiger partial charge in [-0.05, 0) is 20.8 Å². The molecule has 2 aromatic heterocycles. The smallest absolute Gasteiger partial charge is 0.324 e. The third kappa shape index (κ3) is 2.66. The van der Waals surface area contributed by atoms with Gasteiger partial charge >= 0.3 is 6.01 Å². The van der Waals surface area contributed by atoms with Crippen molar-refractivity contribution in [3.05, 3.63) is 24.6 Å². The van der Waals surface area contributed by atoms with Crippen LogP contribution in [-0.2, 0) is 6.54 Å². The zero-order chi connectivity index (χ0) is 11.6. The molecule has 2 aromatic rings. The van der Waals surface area contributed by atoms with E-state index in [4.69, 9.17) is 4.42 Å². The largest absolute Gasteiger partial charge is 0.430 e. The molecule has 0 spiro atoms. The van der Waals surface area contributed by atoms with Crippen molar-refractivity contribution in [3.8, 4) is 6.01 Å². The fourth-order valence-electron chi connectivity index (χ4n) is 1.15. The van der Waals surface area contributed by atoms with E-state index in [9.17, 15) is 0 Å². The summed E-state index contributed by atoms with van der Waals surface area (Å²) in [5, 5.41) is 7.27. The minimum atomic E-state index is 0.0619. The van der Waals surface area contributed by atoms with Crippen LogP contribution >= 0.6 is 0 Å². The van der Waals surface area contributed by atoms with Gasteiger partial charge in [0, 0.05) is 12.1 Å². The molecule has 6 nitrogen and oxygen atoms in total. The Morgan fingerprint density at radius 3 is 2.88 bits per heavy atom. The van der Waals surface area contributed by atoms with Crippen LogP contribution in [0.5, 0.6) is 0 Å². The molecular weight excluding hydrogens is 206 g/mol. The number of nitrogens with zero attached hydrogens (tertiary/aromatic N) is 4. The van der Waals surface area contributed by atoms with Crippen molar-refractivity contribution < 1.29 is 4.42 Å². The highest BCUT2D eigenvalue weighted by Crippen LogP contribution is 2.07. The van der Waals surface area contributed by atoms with Gasteiger partial charge in [-0.15, -0.1) is 0 Å². The molecule has 0 saturated carbocycles. The van der Waals surface area contributed by atoms with Crippen molar-refractivity contribution in [3.63, 3.8) is 0 Å². The molecule has 6 heteroatoms. The van der Waals surface area contributed by atoms with Crippen LogP contribution in [0, 0.1) is 0 Å². The Balaban J connectivity index is 2.03. The highest BCUT2D eigenvalue weighted by atomic mass is 16.4. The first-order chi connectivity index (χ1) is 7.54. The summed E-state index contributed by atoms with van der Waals surface area (Å²) in [5.74, 6) is 0. The number of nitrogens with one attached hydrogen (secondary N) is 1. The maximum Gasteiger partial charge on any atom is 0.324 e. The molecule has 0 aliphatic rings. The Kier molecular flexibility index (Phi) is 2.74. The number of aromatic nitrogens is 4. The molecule has 0 amide bonds. The standard InChI is InChI=1S/C10H15N5O/c1-10(2,3)12-4-8-5-16-9(14-8)15-7-11-6-13-15/h5-7,12H,4H2,1-3H3. The first-order valence-corrected chi connectivity index (χ1v) is 5.09. The third-order valence-electron chi connectivity index (χ3n) is 1.95. The number of hydrogen-bond acceptors (Lipinski definition) is 5. The average molecular weight is 221 g/mol. The molecule has 0 aliphatic carbocycles. The molecule has 16 heavy (non-hydrogen) atoms. The van der Waals surface area contributed by atoms with Crippen LogP contribution in [0.25, 0.3) is 6.01 Å². The Labute approximate surface area is 93.7 Å². The molecule has 2 rings (SSSR count). The lowest BCUT2D eigenvalue weighted by molar-refractivity contribution is 0.420. The Bertz CT molecular complexity index is 440. The van der Waals surface area contributed by atoms with E-state index in [0.29, 0.717) is 12.6 Å². The SMILES string of the molecule is CC(C)(C)NCc1coc(-n2cncn2)n1. The Hall–Kier alpha value is -1.69. The summed E-state index contributed by atoms with van der Waals surface area (Å²) >= 11 is 0. The van der Waals surface area contributed by atoms with Gasteiger partial charge in [0.15, 0.2) is 0 Å². The van der Waals surface area contributed by atoms with Crippen molar-refractivity contribution in [1.82, 2.24) is 25.1 Å². The van der Waals surface area contributed by atoms with Gasteiger partial charge in [0.1, 0.15) is 18.9 Å². The lowest BCUT2D eigenvalue weighted by Gasteiger charge is -2.19.